The van der Waals surface area contributed by atoms with E-state index < -0.39 is 0 Å². The first-order valence-corrected chi connectivity index (χ1v) is 8.81. The molecule has 0 unspecified atom stereocenters. The predicted molar refractivity (Wildman–Crippen MR) is 91.0 cm³/mol. The SMILES string of the molecule is O=C(Cn1cccc1)N1CCC(n2nnc3ccsc3c2=O)CC1. The Kier molecular flexibility index (Phi) is 3.89. The predicted octanol–water partition coefficient (Wildman–Crippen LogP) is 1.52. The van der Waals surface area contributed by atoms with Crippen LogP contribution in [0.5, 0.6) is 0 Å². The van der Waals surface area contributed by atoms with E-state index in [0.29, 0.717) is 29.9 Å². The van der Waals surface area contributed by atoms with Crippen molar-refractivity contribution in [2.75, 3.05) is 13.1 Å². The average Bonchev–Trinajstić information content (AvgIpc) is 3.27. The van der Waals surface area contributed by atoms with Crippen LogP contribution >= 0.6 is 11.3 Å². The fourth-order valence-corrected chi connectivity index (χ4v) is 3.87. The molecule has 0 aliphatic carbocycles. The Balaban J connectivity index is 1.44. The maximum Gasteiger partial charge on any atom is 0.287 e. The highest BCUT2D eigenvalue weighted by Gasteiger charge is 2.25. The van der Waals surface area contributed by atoms with Gasteiger partial charge in [-0.3, -0.25) is 9.59 Å². The molecule has 24 heavy (non-hydrogen) atoms. The largest absolute Gasteiger partial charge is 0.345 e. The number of nitrogens with zero attached hydrogens (tertiary/aromatic N) is 5. The third-order valence-electron chi connectivity index (χ3n) is 4.44. The quantitative estimate of drug-likeness (QED) is 0.723. The normalized spacial score (nSPS) is 15.9. The number of likely N-dealkylation sites (tertiary alicyclic amines) is 1. The van der Waals surface area contributed by atoms with Crippen molar-refractivity contribution in [2.24, 2.45) is 0 Å². The Bertz CT molecular complexity index is 906. The van der Waals surface area contributed by atoms with Crippen LogP contribution in [-0.2, 0) is 11.3 Å². The van der Waals surface area contributed by atoms with E-state index in [1.165, 1.54) is 16.0 Å². The van der Waals surface area contributed by atoms with Crippen LogP contribution in [0.25, 0.3) is 10.2 Å². The minimum Gasteiger partial charge on any atom is -0.345 e. The van der Waals surface area contributed by atoms with Gasteiger partial charge in [-0.15, -0.1) is 16.4 Å². The van der Waals surface area contributed by atoms with Gasteiger partial charge in [-0.25, -0.2) is 4.68 Å². The third kappa shape index (κ3) is 2.73. The van der Waals surface area contributed by atoms with E-state index in [0.717, 1.165) is 12.8 Å². The molecule has 1 saturated heterocycles. The Labute approximate surface area is 142 Å². The molecule has 0 spiro atoms. The zero-order valence-electron chi connectivity index (χ0n) is 13.0. The summed E-state index contributed by atoms with van der Waals surface area (Å²) in [4.78, 5) is 26.7. The van der Waals surface area contributed by atoms with E-state index in [2.05, 4.69) is 10.3 Å². The van der Waals surface area contributed by atoms with Crippen LogP contribution < -0.4 is 5.56 Å². The van der Waals surface area contributed by atoms with E-state index in [4.69, 9.17) is 0 Å². The summed E-state index contributed by atoms with van der Waals surface area (Å²) < 4.78 is 4.01. The van der Waals surface area contributed by atoms with Crippen LogP contribution in [0, 0.1) is 0 Å². The second-order valence-corrected chi connectivity index (χ2v) is 6.86. The lowest BCUT2D eigenvalue weighted by Gasteiger charge is -2.32. The number of amides is 1. The molecule has 0 saturated carbocycles. The Hall–Kier alpha value is -2.48. The molecule has 4 rings (SSSR count). The monoisotopic (exact) mass is 343 g/mol. The molecule has 0 N–H and O–H groups in total. The summed E-state index contributed by atoms with van der Waals surface area (Å²) in [5.74, 6) is 0.108. The molecule has 3 aromatic rings. The Morgan fingerprint density at radius 2 is 2.00 bits per heavy atom. The van der Waals surface area contributed by atoms with E-state index in [1.807, 2.05) is 39.4 Å². The molecule has 1 aliphatic rings. The highest BCUT2D eigenvalue weighted by atomic mass is 32.1. The number of hydrogen-bond acceptors (Lipinski definition) is 5. The highest BCUT2D eigenvalue weighted by Crippen LogP contribution is 2.22. The first-order valence-electron chi connectivity index (χ1n) is 7.93. The third-order valence-corrected chi connectivity index (χ3v) is 5.33. The van der Waals surface area contributed by atoms with Gasteiger partial charge in [-0.1, -0.05) is 5.21 Å². The molecular formula is C16H17N5O2S. The summed E-state index contributed by atoms with van der Waals surface area (Å²) in [6.45, 7) is 1.64. The maximum absolute atomic E-state index is 12.5. The molecular weight excluding hydrogens is 326 g/mol. The van der Waals surface area contributed by atoms with Crippen molar-refractivity contribution < 1.29 is 4.79 Å². The van der Waals surface area contributed by atoms with Crippen LogP contribution in [-0.4, -0.2) is 43.5 Å². The van der Waals surface area contributed by atoms with Gasteiger partial charge in [0.25, 0.3) is 5.56 Å². The number of thiophene rings is 1. The van der Waals surface area contributed by atoms with Gasteiger partial charge in [0.2, 0.25) is 5.91 Å². The van der Waals surface area contributed by atoms with Gasteiger partial charge in [0.15, 0.2) is 0 Å². The molecule has 4 heterocycles. The lowest BCUT2D eigenvalue weighted by molar-refractivity contribution is -0.133. The van der Waals surface area contributed by atoms with Crippen molar-refractivity contribution in [3.8, 4) is 0 Å². The van der Waals surface area contributed by atoms with Crippen LogP contribution in [0.3, 0.4) is 0 Å². The van der Waals surface area contributed by atoms with Crippen molar-refractivity contribution in [3.63, 3.8) is 0 Å². The number of carbonyl (C=O) groups is 1. The zero-order valence-corrected chi connectivity index (χ0v) is 13.9. The molecule has 3 aromatic heterocycles. The summed E-state index contributed by atoms with van der Waals surface area (Å²) in [5, 5.41) is 10.1. The minimum absolute atomic E-state index is 0.00660. The van der Waals surface area contributed by atoms with Crippen LogP contribution in [0.4, 0.5) is 0 Å². The summed E-state index contributed by atoms with van der Waals surface area (Å²) in [6, 6.07) is 5.63. The van der Waals surface area contributed by atoms with Gasteiger partial charge < -0.3 is 9.47 Å². The standard InChI is InChI=1S/C16H17N5O2S/c22-14(11-19-6-1-2-7-19)20-8-3-12(4-9-20)21-16(23)15-13(17-18-21)5-10-24-15/h1-2,5-7,10,12H,3-4,8-9,11H2. The van der Waals surface area contributed by atoms with Gasteiger partial charge in [0.1, 0.15) is 16.8 Å². The van der Waals surface area contributed by atoms with E-state index >= 15 is 0 Å². The van der Waals surface area contributed by atoms with E-state index in [9.17, 15) is 9.59 Å². The second-order valence-electron chi connectivity index (χ2n) is 5.94. The fraction of sp³-hybridized carbons (Fsp3) is 0.375. The number of piperidine rings is 1. The van der Waals surface area contributed by atoms with Gasteiger partial charge in [0, 0.05) is 25.5 Å². The van der Waals surface area contributed by atoms with Gasteiger partial charge in [-0.05, 0) is 36.4 Å². The molecule has 1 aliphatic heterocycles. The maximum atomic E-state index is 12.5. The molecule has 0 aromatic carbocycles. The van der Waals surface area contributed by atoms with Gasteiger partial charge >= 0.3 is 0 Å². The summed E-state index contributed by atoms with van der Waals surface area (Å²) in [7, 11) is 0. The van der Waals surface area contributed by atoms with Gasteiger partial charge in [0.05, 0.1) is 6.04 Å². The summed E-state index contributed by atoms with van der Waals surface area (Å²) in [6.07, 6.45) is 5.22. The Morgan fingerprint density at radius 3 is 2.75 bits per heavy atom. The number of fused-ring (bicyclic) bond motifs is 1. The lowest BCUT2D eigenvalue weighted by atomic mass is 10.1. The number of rotatable bonds is 3. The van der Waals surface area contributed by atoms with Crippen molar-refractivity contribution in [1.82, 2.24) is 24.5 Å². The zero-order chi connectivity index (χ0) is 16.5. The molecule has 0 atom stereocenters. The van der Waals surface area contributed by atoms with Gasteiger partial charge in [-0.2, -0.15) is 0 Å². The smallest absolute Gasteiger partial charge is 0.287 e. The molecule has 7 nitrogen and oxygen atoms in total. The number of carbonyl (C=O) groups excluding carboxylic acids is 1. The minimum atomic E-state index is -0.0767. The van der Waals surface area contributed by atoms with Crippen LogP contribution in [0.2, 0.25) is 0 Å². The molecule has 124 valence electrons. The molecule has 1 fully saturated rings. The molecule has 8 heteroatoms. The lowest BCUT2D eigenvalue weighted by Crippen LogP contribution is -2.42. The second kappa shape index (κ2) is 6.20. The Morgan fingerprint density at radius 1 is 1.25 bits per heavy atom. The highest BCUT2D eigenvalue weighted by molar-refractivity contribution is 7.17. The molecule has 0 bridgehead atoms. The fourth-order valence-electron chi connectivity index (χ4n) is 3.11. The average molecular weight is 343 g/mol. The summed E-state index contributed by atoms with van der Waals surface area (Å²) >= 11 is 1.40. The molecule has 0 radical (unpaired) electrons. The van der Waals surface area contributed by atoms with E-state index in [-0.39, 0.29) is 17.5 Å². The topological polar surface area (TPSA) is 73.0 Å². The molecule has 1 amide bonds. The van der Waals surface area contributed by atoms with Crippen molar-refractivity contribution in [1.29, 1.82) is 0 Å². The van der Waals surface area contributed by atoms with Crippen molar-refractivity contribution >= 4 is 27.5 Å². The first kappa shape index (κ1) is 15.1. The van der Waals surface area contributed by atoms with Crippen LogP contribution in [0.15, 0.2) is 40.8 Å². The van der Waals surface area contributed by atoms with Crippen LogP contribution in [0.1, 0.15) is 18.9 Å². The number of aromatic nitrogens is 4. The summed E-state index contributed by atoms with van der Waals surface area (Å²) in [5.41, 5.74) is 0.577. The number of hydrogen-bond donors (Lipinski definition) is 0. The van der Waals surface area contributed by atoms with E-state index in [1.54, 1.807) is 6.07 Å². The first-order chi connectivity index (χ1) is 11.7. The van der Waals surface area contributed by atoms with Crippen molar-refractivity contribution in [3.05, 3.63) is 46.3 Å². The van der Waals surface area contributed by atoms with Crippen molar-refractivity contribution in [2.45, 2.75) is 25.4 Å².